The Bertz CT molecular complexity index is 1010. The standard InChI is InChI=1S/C18H18ClF4N5O2/c1-17(23)8-30-16(24)26-18(17,2)10-5-9(3-4-12(10)20)25-15(29)14-11(19)6-28(27-14)7-13(21)22/h3-6,13H,7-8H2,1-2H3,(H2,24,26)(H,25,29)/t17-,18+/m0/s1. The van der Waals surface area contributed by atoms with E-state index in [9.17, 15) is 18.0 Å². The number of halogens is 5. The van der Waals surface area contributed by atoms with Gasteiger partial charge in [-0.1, -0.05) is 11.6 Å². The smallest absolute Gasteiger partial charge is 0.283 e. The molecule has 30 heavy (non-hydrogen) atoms. The molecule has 0 saturated heterocycles. The third kappa shape index (κ3) is 4.07. The maximum absolute atomic E-state index is 15.1. The first-order valence-corrected chi connectivity index (χ1v) is 9.10. The second-order valence-corrected chi connectivity index (χ2v) is 7.50. The predicted molar refractivity (Wildman–Crippen MR) is 102 cm³/mol. The van der Waals surface area contributed by atoms with Crippen LogP contribution < -0.4 is 11.1 Å². The zero-order valence-corrected chi connectivity index (χ0v) is 16.7. The Morgan fingerprint density at radius 3 is 2.80 bits per heavy atom. The van der Waals surface area contributed by atoms with Crippen molar-refractivity contribution in [2.24, 2.45) is 10.7 Å². The summed E-state index contributed by atoms with van der Waals surface area (Å²) in [4.78, 5) is 16.4. The van der Waals surface area contributed by atoms with Crippen LogP contribution in [0.3, 0.4) is 0 Å². The summed E-state index contributed by atoms with van der Waals surface area (Å²) >= 11 is 5.90. The highest BCUT2D eigenvalue weighted by atomic mass is 35.5. The van der Waals surface area contributed by atoms with E-state index in [0.29, 0.717) is 0 Å². The molecule has 7 nitrogen and oxygen atoms in total. The fourth-order valence-electron chi connectivity index (χ4n) is 3.01. The first-order chi connectivity index (χ1) is 13.9. The summed E-state index contributed by atoms with van der Waals surface area (Å²) in [6.07, 6.45) is -1.59. The van der Waals surface area contributed by atoms with E-state index in [1.807, 2.05) is 0 Å². The Morgan fingerprint density at radius 1 is 1.43 bits per heavy atom. The van der Waals surface area contributed by atoms with Crippen LogP contribution in [0.15, 0.2) is 29.4 Å². The zero-order valence-electron chi connectivity index (χ0n) is 15.9. The molecule has 1 aromatic heterocycles. The van der Waals surface area contributed by atoms with E-state index in [-0.39, 0.29) is 28.0 Å². The third-order valence-corrected chi connectivity index (χ3v) is 5.12. The number of ether oxygens (including phenoxy) is 1. The van der Waals surface area contributed by atoms with Crippen LogP contribution in [0.4, 0.5) is 23.2 Å². The van der Waals surface area contributed by atoms with Crippen LogP contribution in [-0.4, -0.2) is 40.4 Å². The fraction of sp³-hybridized carbons (Fsp3) is 0.389. The summed E-state index contributed by atoms with van der Waals surface area (Å²) in [5.41, 5.74) is 1.37. The van der Waals surface area contributed by atoms with Gasteiger partial charge in [0.2, 0.25) is 0 Å². The molecule has 2 heterocycles. The van der Waals surface area contributed by atoms with Gasteiger partial charge in [-0.3, -0.25) is 9.48 Å². The lowest BCUT2D eigenvalue weighted by Crippen LogP contribution is -2.52. The number of nitrogens with zero attached hydrogens (tertiary/aromatic N) is 3. The topological polar surface area (TPSA) is 94.5 Å². The first-order valence-electron chi connectivity index (χ1n) is 8.72. The molecular formula is C18H18ClF4N5O2. The number of aliphatic imine (C=N–C) groups is 1. The molecule has 0 unspecified atom stereocenters. The van der Waals surface area contributed by atoms with E-state index in [1.54, 1.807) is 0 Å². The van der Waals surface area contributed by atoms with Crippen molar-refractivity contribution in [3.63, 3.8) is 0 Å². The van der Waals surface area contributed by atoms with E-state index in [1.165, 1.54) is 26.0 Å². The van der Waals surface area contributed by atoms with Gasteiger partial charge < -0.3 is 15.8 Å². The van der Waals surface area contributed by atoms with E-state index in [2.05, 4.69) is 15.4 Å². The molecule has 0 aliphatic carbocycles. The number of rotatable bonds is 5. The molecular weight excluding hydrogens is 430 g/mol. The minimum Gasteiger partial charge on any atom is -0.462 e. The highest BCUT2D eigenvalue weighted by Gasteiger charge is 2.52. The van der Waals surface area contributed by atoms with E-state index in [4.69, 9.17) is 22.1 Å². The van der Waals surface area contributed by atoms with Crippen LogP contribution in [0.1, 0.15) is 29.9 Å². The molecule has 1 aliphatic heterocycles. The molecule has 162 valence electrons. The largest absolute Gasteiger partial charge is 0.462 e. The van der Waals surface area contributed by atoms with Crippen molar-refractivity contribution in [1.82, 2.24) is 9.78 Å². The van der Waals surface area contributed by atoms with Gasteiger partial charge in [0.25, 0.3) is 18.4 Å². The number of hydrogen-bond acceptors (Lipinski definition) is 5. The molecule has 1 amide bonds. The third-order valence-electron chi connectivity index (χ3n) is 4.85. The monoisotopic (exact) mass is 447 g/mol. The van der Waals surface area contributed by atoms with Gasteiger partial charge in [-0.05, 0) is 32.0 Å². The van der Waals surface area contributed by atoms with E-state index in [0.717, 1.165) is 16.9 Å². The Morgan fingerprint density at radius 2 is 2.13 bits per heavy atom. The van der Waals surface area contributed by atoms with Crippen molar-refractivity contribution in [1.29, 1.82) is 0 Å². The van der Waals surface area contributed by atoms with Gasteiger partial charge >= 0.3 is 0 Å². The number of alkyl halides is 3. The van der Waals surface area contributed by atoms with Crippen LogP contribution in [0.5, 0.6) is 0 Å². The normalized spacial score (nSPS) is 23.8. The lowest BCUT2D eigenvalue weighted by Gasteiger charge is -2.40. The highest BCUT2D eigenvalue weighted by molar-refractivity contribution is 6.34. The van der Waals surface area contributed by atoms with Gasteiger partial charge in [0, 0.05) is 17.4 Å². The first kappa shape index (κ1) is 21.9. The maximum atomic E-state index is 15.1. The molecule has 3 rings (SSSR count). The number of anilines is 1. The lowest BCUT2D eigenvalue weighted by molar-refractivity contribution is 0.00403. The number of carbonyl (C=O) groups is 1. The van der Waals surface area contributed by atoms with Crippen LogP contribution in [0.25, 0.3) is 0 Å². The molecule has 0 bridgehead atoms. The molecule has 1 aliphatic rings. The van der Waals surface area contributed by atoms with E-state index < -0.39 is 42.5 Å². The van der Waals surface area contributed by atoms with Gasteiger partial charge in [-0.2, -0.15) is 5.10 Å². The van der Waals surface area contributed by atoms with Crippen LogP contribution >= 0.6 is 11.6 Å². The number of benzene rings is 1. The van der Waals surface area contributed by atoms with Crippen molar-refractivity contribution in [3.05, 3.63) is 46.5 Å². The van der Waals surface area contributed by atoms with Crippen molar-refractivity contribution in [2.75, 3.05) is 11.9 Å². The zero-order chi connectivity index (χ0) is 22.3. The van der Waals surface area contributed by atoms with Gasteiger partial charge in [-0.15, -0.1) is 0 Å². The summed E-state index contributed by atoms with van der Waals surface area (Å²) in [6, 6.07) is 3.19. The van der Waals surface area contributed by atoms with Crippen molar-refractivity contribution < 1.29 is 27.1 Å². The van der Waals surface area contributed by atoms with Gasteiger partial charge in [0.1, 0.15) is 24.5 Å². The van der Waals surface area contributed by atoms with Crippen molar-refractivity contribution in [2.45, 2.75) is 38.0 Å². The Labute approximate surface area is 173 Å². The Hall–Kier alpha value is -2.82. The lowest BCUT2D eigenvalue weighted by atomic mass is 9.78. The minimum absolute atomic E-state index is 0.0909. The second kappa shape index (κ2) is 7.78. The number of carbonyl (C=O) groups excluding carboxylic acids is 1. The number of amides is 1. The Balaban J connectivity index is 1.92. The highest BCUT2D eigenvalue weighted by Crippen LogP contribution is 2.43. The summed E-state index contributed by atoms with van der Waals surface area (Å²) in [6.45, 7) is 1.38. The number of amidine groups is 1. The van der Waals surface area contributed by atoms with Crippen LogP contribution in [-0.2, 0) is 16.8 Å². The number of aromatic nitrogens is 2. The van der Waals surface area contributed by atoms with Gasteiger partial charge in [-0.25, -0.2) is 22.6 Å². The summed E-state index contributed by atoms with van der Waals surface area (Å²) in [7, 11) is 0. The minimum atomic E-state index is -2.68. The molecule has 0 spiro atoms. The maximum Gasteiger partial charge on any atom is 0.283 e. The quantitative estimate of drug-likeness (QED) is 0.686. The number of hydrogen-bond donors (Lipinski definition) is 2. The average Bonchev–Trinajstić information content (AvgIpc) is 3.00. The molecule has 1 aromatic carbocycles. The van der Waals surface area contributed by atoms with Crippen LogP contribution in [0, 0.1) is 5.82 Å². The molecule has 12 heteroatoms. The Kier molecular flexibility index (Phi) is 5.68. The molecule has 0 saturated carbocycles. The molecule has 2 atom stereocenters. The number of nitrogens with two attached hydrogens (primary N) is 1. The molecule has 0 radical (unpaired) electrons. The summed E-state index contributed by atoms with van der Waals surface area (Å²) in [5, 5.41) is 6.03. The fourth-order valence-corrected chi connectivity index (χ4v) is 3.25. The average molecular weight is 448 g/mol. The molecule has 0 fully saturated rings. The second-order valence-electron chi connectivity index (χ2n) is 7.10. The number of nitrogens with one attached hydrogen (secondary N) is 1. The predicted octanol–water partition coefficient (Wildman–Crippen LogP) is 3.48. The summed E-state index contributed by atoms with van der Waals surface area (Å²) in [5.74, 6) is -1.58. The SMILES string of the molecule is C[C@]1(F)COC(N)=N[C@]1(C)c1cc(NC(=O)c2nn(CC(F)F)cc2Cl)ccc1F. The molecule has 2 aromatic rings. The van der Waals surface area contributed by atoms with Crippen LogP contribution in [0.2, 0.25) is 5.02 Å². The molecule has 3 N–H and O–H groups in total. The van der Waals surface area contributed by atoms with Crippen molar-refractivity contribution >= 4 is 29.2 Å². The van der Waals surface area contributed by atoms with Crippen molar-refractivity contribution in [3.8, 4) is 0 Å². The summed E-state index contributed by atoms with van der Waals surface area (Å²) < 4.78 is 60.5. The van der Waals surface area contributed by atoms with Gasteiger partial charge in [0.05, 0.1) is 5.02 Å². The van der Waals surface area contributed by atoms with Gasteiger partial charge in [0.15, 0.2) is 11.4 Å². The van der Waals surface area contributed by atoms with E-state index >= 15 is 4.39 Å².